The number of hydrogen-bond acceptors (Lipinski definition) is 3. The van der Waals surface area contributed by atoms with Crippen molar-refractivity contribution >= 4 is 5.91 Å². The minimum atomic E-state index is 0.236. The Labute approximate surface area is 90.8 Å². The molecule has 0 aromatic rings. The summed E-state index contributed by atoms with van der Waals surface area (Å²) in [5.41, 5.74) is 0. The third-order valence-electron chi connectivity index (χ3n) is 3.25. The number of nitrogens with one attached hydrogen (secondary N) is 2. The SMILES string of the molecule is O=C(NCC1COCCN1)C1CCCC1. The highest BCUT2D eigenvalue weighted by molar-refractivity contribution is 5.78. The average Bonchev–Trinajstić information content (AvgIpc) is 2.81. The van der Waals surface area contributed by atoms with Gasteiger partial charge in [0.05, 0.1) is 13.2 Å². The van der Waals surface area contributed by atoms with E-state index < -0.39 is 0 Å². The topological polar surface area (TPSA) is 50.4 Å². The van der Waals surface area contributed by atoms with Crippen LogP contribution in [-0.4, -0.2) is 38.3 Å². The van der Waals surface area contributed by atoms with Gasteiger partial charge in [-0.05, 0) is 12.8 Å². The summed E-state index contributed by atoms with van der Waals surface area (Å²) < 4.78 is 5.33. The molecule has 1 aliphatic carbocycles. The first-order valence-corrected chi connectivity index (χ1v) is 5.95. The van der Waals surface area contributed by atoms with E-state index in [4.69, 9.17) is 4.74 Å². The van der Waals surface area contributed by atoms with Crippen LogP contribution in [0.2, 0.25) is 0 Å². The summed E-state index contributed by atoms with van der Waals surface area (Å²) in [5.74, 6) is 0.509. The normalized spacial score (nSPS) is 27.9. The van der Waals surface area contributed by atoms with Gasteiger partial charge < -0.3 is 15.4 Å². The lowest BCUT2D eigenvalue weighted by molar-refractivity contribution is -0.125. The highest BCUT2D eigenvalue weighted by atomic mass is 16.5. The van der Waals surface area contributed by atoms with Gasteiger partial charge in [0.2, 0.25) is 5.91 Å². The number of carbonyl (C=O) groups excluding carboxylic acids is 1. The molecule has 2 rings (SSSR count). The van der Waals surface area contributed by atoms with Crippen molar-refractivity contribution < 1.29 is 9.53 Å². The summed E-state index contributed by atoms with van der Waals surface area (Å²) in [7, 11) is 0. The van der Waals surface area contributed by atoms with E-state index in [0.29, 0.717) is 19.2 Å². The molecular weight excluding hydrogens is 192 g/mol. The van der Waals surface area contributed by atoms with Crippen LogP contribution in [0.1, 0.15) is 25.7 Å². The summed E-state index contributed by atoms with van der Waals surface area (Å²) in [4.78, 5) is 11.7. The molecule has 4 heteroatoms. The molecule has 0 bridgehead atoms. The predicted octanol–water partition coefficient (Wildman–Crippen LogP) is 0.281. The first kappa shape index (κ1) is 10.9. The molecule has 86 valence electrons. The zero-order chi connectivity index (χ0) is 10.5. The molecular formula is C11H20N2O2. The van der Waals surface area contributed by atoms with Crippen molar-refractivity contribution in [3.8, 4) is 0 Å². The molecule has 1 saturated carbocycles. The third-order valence-corrected chi connectivity index (χ3v) is 3.25. The minimum Gasteiger partial charge on any atom is -0.378 e. The summed E-state index contributed by atoms with van der Waals surface area (Å²) in [6.07, 6.45) is 4.56. The Balaban J connectivity index is 1.65. The Morgan fingerprint density at radius 2 is 2.20 bits per heavy atom. The van der Waals surface area contributed by atoms with Gasteiger partial charge in [-0.2, -0.15) is 0 Å². The maximum Gasteiger partial charge on any atom is 0.223 e. The molecule has 0 aromatic carbocycles. The second-order valence-corrected chi connectivity index (χ2v) is 4.45. The largest absolute Gasteiger partial charge is 0.378 e. The number of carbonyl (C=O) groups is 1. The van der Waals surface area contributed by atoms with Crippen molar-refractivity contribution in [2.45, 2.75) is 31.7 Å². The fourth-order valence-corrected chi connectivity index (χ4v) is 2.31. The summed E-state index contributed by atoms with van der Waals surface area (Å²) >= 11 is 0. The fourth-order valence-electron chi connectivity index (χ4n) is 2.31. The van der Waals surface area contributed by atoms with E-state index in [1.165, 1.54) is 12.8 Å². The highest BCUT2D eigenvalue weighted by Gasteiger charge is 2.23. The highest BCUT2D eigenvalue weighted by Crippen LogP contribution is 2.24. The van der Waals surface area contributed by atoms with Crippen LogP contribution in [0.15, 0.2) is 0 Å². The maximum absolute atomic E-state index is 11.7. The molecule has 1 aliphatic heterocycles. The molecule has 1 amide bonds. The minimum absolute atomic E-state index is 0.236. The van der Waals surface area contributed by atoms with Gasteiger partial charge in [0.25, 0.3) is 0 Å². The van der Waals surface area contributed by atoms with Crippen molar-refractivity contribution in [2.75, 3.05) is 26.3 Å². The molecule has 2 N–H and O–H groups in total. The van der Waals surface area contributed by atoms with Gasteiger partial charge in [-0.1, -0.05) is 12.8 Å². The third kappa shape index (κ3) is 3.18. The molecule has 1 heterocycles. The molecule has 2 fully saturated rings. The van der Waals surface area contributed by atoms with Crippen LogP contribution in [-0.2, 0) is 9.53 Å². The van der Waals surface area contributed by atoms with E-state index in [1.807, 2.05) is 0 Å². The first-order valence-electron chi connectivity index (χ1n) is 5.95. The lowest BCUT2D eigenvalue weighted by Crippen LogP contribution is -2.49. The zero-order valence-electron chi connectivity index (χ0n) is 9.13. The second kappa shape index (κ2) is 5.47. The van der Waals surface area contributed by atoms with Gasteiger partial charge >= 0.3 is 0 Å². The number of amides is 1. The average molecular weight is 212 g/mol. The molecule has 0 spiro atoms. The summed E-state index contributed by atoms with van der Waals surface area (Å²) in [6.45, 7) is 3.09. The van der Waals surface area contributed by atoms with Crippen LogP contribution in [0.25, 0.3) is 0 Å². The van der Waals surface area contributed by atoms with Crippen LogP contribution in [0.5, 0.6) is 0 Å². The monoisotopic (exact) mass is 212 g/mol. The number of morpholine rings is 1. The van der Waals surface area contributed by atoms with E-state index in [9.17, 15) is 4.79 Å². The van der Waals surface area contributed by atoms with E-state index in [0.717, 1.165) is 26.0 Å². The summed E-state index contributed by atoms with van der Waals surface area (Å²) in [5, 5.41) is 6.34. The Hall–Kier alpha value is -0.610. The molecule has 15 heavy (non-hydrogen) atoms. The molecule has 2 aliphatic rings. The molecule has 1 unspecified atom stereocenters. The number of ether oxygens (including phenoxy) is 1. The lowest BCUT2D eigenvalue weighted by atomic mass is 10.1. The van der Waals surface area contributed by atoms with Crippen molar-refractivity contribution in [3.05, 3.63) is 0 Å². The number of hydrogen-bond donors (Lipinski definition) is 2. The molecule has 1 saturated heterocycles. The van der Waals surface area contributed by atoms with E-state index in [1.54, 1.807) is 0 Å². The molecule has 1 atom stereocenters. The van der Waals surface area contributed by atoms with Gasteiger partial charge in [0.1, 0.15) is 0 Å². The standard InChI is InChI=1S/C11H20N2O2/c14-11(9-3-1-2-4-9)13-7-10-8-15-6-5-12-10/h9-10,12H,1-8H2,(H,13,14). The smallest absolute Gasteiger partial charge is 0.223 e. The Bertz CT molecular complexity index is 209. The fraction of sp³-hybridized carbons (Fsp3) is 0.909. The van der Waals surface area contributed by atoms with Gasteiger partial charge in [-0.3, -0.25) is 4.79 Å². The lowest BCUT2D eigenvalue weighted by Gasteiger charge is -2.24. The van der Waals surface area contributed by atoms with Crippen molar-refractivity contribution in [3.63, 3.8) is 0 Å². The molecule has 0 radical (unpaired) electrons. The number of rotatable bonds is 3. The molecule has 0 aromatic heterocycles. The maximum atomic E-state index is 11.7. The van der Waals surface area contributed by atoms with E-state index in [2.05, 4.69) is 10.6 Å². The van der Waals surface area contributed by atoms with Crippen LogP contribution in [0, 0.1) is 5.92 Å². The Morgan fingerprint density at radius 3 is 2.87 bits per heavy atom. The van der Waals surface area contributed by atoms with Crippen LogP contribution < -0.4 is 10.6 Å². The van der Waals surface area contributed by atoms with Crippen molar-refractivity contribution in [2.24, 2.45) is 5.92 Å². The van der Waals surface area contributed by atoms with Crippen molar-refractivity contribution in [1.29, 1.82) is 0 Å². The summed E-state index contributed by atoms with van der Waals surface area (Å²) in [6, 6.07) is 0.295. The van der Waals surface area contributed by atoms with Gasteiger partial charge in [0.15, 0.2) is 0 Å². The predicted molar refractivity (Wildman–Crippen MR) is 57.6 cm³/mol. The van der Waals surface area contributed by atoms with Crippen LogP contribution >= 0.6 is 0 Å². The van der Waals surface area contributed by atoms with Crippen molar-refractivity contribution in [1.82, 2.24) is 10.6 Å². The van der Waals surface area contributed by atoms with Gasteiger partial charge in [-0.25, -0.2) is 0 Å². The van der Waals surface area contributed by atoms with Gasteiger partial charge in [0, 0.05) is 25.0 Å². The van der Waals surface area contributed by atoms with E-state index in [-0.39, 0.29) is 11.8 Å². The zero-order valence-corrected chi connectivity index (χ0v) is 9.13. The van der Waals surface area contributed by atoms with E-state index >= 15 is 0 Å². The Kier molecular flexibility index (Phi) is 3.97. The Morgan fingerprint density at radius 1 is 1.40 bits per heavy atom. The van der Waals surface area contributed by atoms with Crippen LogP contribution in [0.4, 0.5) is 0 Å². The quantitative estimate of drug-likeness (QED) is 0.706. The molecule has 4 nitrogen and oxygen atoms in total. The second-order valence-electron chi connectivity index (χ2n) is 4.45. The first-order chi connectivity index (χ1) is 7.36. The van der Waals surface area contributed by atoms with Crippen LogP contribution in [0.3, 0.4) is 0 Å². The van der Waals surface area contributed by atoms with Gasteiger partial charge in [-0.15, -0.1) is 0 Å².